The molecule has 31 heavy (non-hydrogen) atoms. The summed E-state index contributed by atoms with van der Waals surface area (Å²) >= 11 is 1.53. The first kappa shape index (κ1) is 22.9. The summed E-state index contributed by atoms with van der Waals surface area (Å²) in [6.45, 7) is 5.23. The number of benzene rings is 2. The van der Waals surface area contributed by atoms with Gasteiger partial charge in [0, 0.05) is 36.4 Å². The predicted molar refractivity (Wildman–Crippen MR) is 125 cm³/mol. The first-order valence-electron chi connectivity index (χ1n) is 9.81. The van der Waals surface area contributed by atoms with Gasteiger partial charge in [-0.15, -0.1) is 0 Å². The van der Waals surface area contributed by atoms with Crippen LogP contribution >= 0.6 is 12.1 Å². The van der Waals surface area contributed by atoms with E-state index < -0.39 is 0 Å². The summed E-state index contributed by atoms with van der Waals surface area (Å²) in [4.78, 5) is 20.3. The van der Waals surface area contributed by atoms with Gasteiger partial charge in [0.1, 0.15) is 35.1 Å². The number of nitrogens with one attached hydrogen (secondary N) is 2. The molecule has 0 fully saturated rings. The molecular weight excluding hydrogens is 416 g/mol. The van der Waals surface area contributed by atoms with Crippen molar-refractivity contribution in [2.75, 3.05) is 41.5 Å². The number of hydrogen-bond donors (Lipinski definition) is 2. The molecule has 0 amide bonds. The van der Waals surface area contributed by atoms with Crippen molar-refractivity contribution in [1.82, 2.24) is 19.0 Å². The van der Waals surface area contributed by atoms with Crippen molar-refractivity contribution in [2.45, 2.75) is 13.8 Å². The summed E-state index contributed by atoms with van der Waals surface area (Å²) in [6, 6.07) is 7.33. The number of fused-ring (bicyclic) bond motifs is 1. The second-order valence-corrected chi connectivity index (χ2v) is 8.43. The highest BCUT2D eigenvalue weighted by Crippen LogP contribution is 2.31. The largest absolute Gasteiger partial charge is 0.497 e. The van der Waals surface area contributed by atoms with Crippen molar-refractivity contribution < 1.29 is 14.2 Å². The maximum Gasteiger partial charge on any atom is 0.262 e. The van der Waals surface area contributed by atoms with Crippen LogP contribution < -0.4 is 24.5 Å². The second-order valence-electron chi connectivity index (χ2n) is 7.22. The van der Waals surface area contributed by atoms with Gasteiger partial charge < -0.3 is 19.2 Å². The topological polar surface area (TPSA) is 88.7 Å². The first-order chi connectivity index (χ1) is 14.8. The molecule has 3 rings (SSSR count). The highest BCUT2D eigenvalue weighted by atomic mass is 32.2. The molecule has 0 unspecified atom stereocenters. The van der Waals surface area contributed by atoms with Crippen molar-refractivity contribution in [3.63, 3.8) is 0 Å². The van der Waals surface area contributed by atoms with Gasteiger partial charge in [-0.1, -0.05) is 0 Å². The van der Waals surface area contributed by atoms with Gasteiger partial charge in [0.25, 0.3) is 5.56 Å². The summed E-state index contributed by atoms with van der Waals surface area (Å²) < 4.78 is 21.8. The molecule has 3 aromatic rings. The Morgan fingerprint density at radius 2 is 1.81 bits per heavy atom. The number of aromatic nitrogens is 2. The van der Waals surface area contributed by atoms with Gasteiger partial charge in [-0.2, -0.15) is 0 Å². The van der Waals surface area contributed by atoms with E-state index in [4.69, 9.17) is 14.2 Å². The van der Waals surface area contributed by atoms with Crippen LogP contribution in [-0.2, 0) is 0 Å². The van der Waals surface area contributed by atoms with Crippen LogP contribution in [0.1, 0.15) is 11.1 Å². The van der Waals surface area contributed by atoms with Crippen LogP contribution in [0.4, 0.5) is 0 Å². The minimum absolute atomic E-state index is 0.264. The zero-order chi connectivity index (χ0) is 22.5. The Labute approximate surface area is 186 Å². The van der Waals surface area contributed by atoms with Gasteiger partial charge in [-0.05, 0) is 51.2 Å². The fraction of sp³-hybridized carbons (Fsp3) is 0.364. The van der Waals surface area contributed by atoms with Crippen LogP contribution in [0.25, 0.3) is 22.3 Å². The molecule has 0 saturated heterocycles. The maximum atomic E-state index is 12.8. The minimum atomic E-state index is -0.264. The van der Waals surface area contributed by atoms with E-state index >= 15 is 0 Å². The van der Waals surface area contributed by atoms with E-state index in [-0.39, 0.29) is 5.56 Å². The predicted octanol–water partition coefficient (Wildman–Crippen LogP) is 3.32. The zero-order valence-electron chi connectivity index (χ0n) is 18.7. The van der Waals surface area contributed by atoms with Crippen molar-refractivity contribution >= 4 is 23.0 Å². The molecule has 1 aromatic heterocycles. The number of ether oxygens (including phenoxy) is 3. The highest BCUT2D eigenvalue weighted by Gasteiger charge is 2.15. The minimum Gasteiger partial charge on any atom is -0.497 e. The average Bonchev–Trinajstić information content (AvgIpc) is 2.73. The smallest absolute Gasteiger partial charge is 0.262 e. The van der Waals surface area contributed by atoms with Crippen LogP contribution in [0.3, 0.4) is 0 Å². The Bertz CT molecular complexity index is 1110. The van der Waals surface area contributed by atoms with Gasteiger partial charge in [0.05, 0.1) is 19.7 Å². The molecule has 0 atom stereocenters. The Morgan fingerprint density at radius 1 is 1.10 bits per heavy atom. The van der Waals surface area contributed by atoms with E-state index in [1.165, 1.54) is 19.2 Å². The van der Waals surface area contributed by atoms with Crippen LogP contribution in [-0.4, -0.2) is 55.7 Å². The SMILES string of the molecule is COc1cc(OC)c2c(=O)[nH]c(-c3cc(C)c(OCCNSN(C)C)c(C)c3)nc2c1. The fourth-order valence-corrected chi connectivity index (χ4v) is 3.74. The summed E-state index contributed by atoms with van der Waals surface area (Å²) in [6.07, 6.45) is 0. The normalized spacial score (nSPS) is 11.2. The molecule has 0 aliphatic carbocycles. The third-order valence-corrected chi connectivity index (χ3v) is 5.33. The Hall–Kier alpha value is -2.75. The van der Waals surface area contributed by atoms with Gasteiger partial charge in [-0.3, -0.25) is 4.79 Å². The zero-order valence-corrected chi connectivity index (χ0v) is 19.5. The standard InChI is InChI=1S/C22H28N4O4S/c1-13-9-15(10-14(2)20(13)30-8-7-23-31-26(3)4)21-24-17-11-16(28-5)12-18(29-6)19(17)22(27)25-21/h9-12,23H,7-8H2,1-6H3,(H,24,25,27). The quantitative estimate of drug-likeness (QED) is 0.384. The summed E-state index contributed by atoms with van der Waals surface area (Å²) in [5.41, 5.74) is 3.00. The van der Waals surface area contributed by atoms with E-state index in [9.17, 15) is 4.79 Å². The lowest BCUT2D eigenvalue weighted by Gasteiger charge is -2.15. The third kappa shape index (κ3) is 5.30. The van der Waals surface area contributed by atoms with Crippen molar-refractivity contribution in [1.29, 1.82) is 0 Å². The van der Waals surface area contributed by atoms with E-state index in [0.717, 1.165) is 22.4 Å². The number of H-pyrrole nitrogens is 1. The number of aryl methyl sites for hydroxylation is 2. The molecular formula is C22H28N4O4S. The molecule has 9 heteroatoms. The molecule has 2 aromatic carbocycles. The molecule has 8 nitrogen and oxygen atoms in total. The van der Waals surface area contributed by atoms with Crippen molar-refractivity contribution in [3.8, 4) is 28.6 Å². The molecule has 2 N–H and O–H groups in total. The van der Waals surface area contributed by atoms with Crippen molar-refractivity contribution in [3.05, 3.63) is 45.7 Å². The summed E-state index contributed by atoms with van der Waals surface area (Å²) in [5, 5.41) is 0.392. The van der Waals surface area contributed by atoms with Crippen LogP contribution in [0.15, 0.2) is 29.1 Å². The lowest BCUT2D eigenvalue weighted by molar-refractivity contribution is 0.320. The monoisotopic (exact) mass is 444 g/mol. The van der Waals surface area contributed by atoms with Gasteiger partial charge in [0.15, 0.2) is 0 Å². The lowest BCUT2D eigenvalue weighted by Crippen LogP contribution is -2.19. The average molecular weight is 445 g/mol. The van der Waals surface area contributed by atoms with E-state index in [1.807, 2.05) is 44.4 Å². The van der Waals surface area contributed by atoms with Crippen LogP contribution in [0.2, 0.25) is 0 Å². The fourth-order valence-electron chi connectivity index (χ4n) is 3.31. The number of hydrogen-bond acceptors (Lipinski definition) is 8. The highest BCUT2D eigenvalue weighted by molar-refractivity contribution is 7.95. The van der Waals surface area contributed by atoms with Crippen LogP contribution in [0.5, 0.6) is 17.2 Å². The molecule has 0 aliphatic rings. The van der Waals surface area contributed by atoms with Gasteiger partial charge in [-0.25, -0.2) is 14.0 Å². The Balaban J connectivity index is 1.91. The molecule has 0 aliphatic heterocycles. The number of rotatable bonds is 9. The van der Waals surface area contributed by atoms with Crippen LogP contribution in [0, 0.1) is 13.8 Å². The summed E-state index contributed by atoms with van der Waals surface area (Å²) in [5.74, 6) is 2.32. The summed E-state index contributed by atoms with van der Waals surface area (Å²) in [7, 11) is 7.03. The van der Waals surface area contributed by atoms with E-state index in [1.54, 1.807) is 19.2 Å². The van der Waals surface area contributed by atoms with Crippen molar-refractivity contribution in [2.24, 2.45) is 0 Å². The first-order valence-corrected chi connectivity index (χ1v) is 10.6. The molecule has 166 valence electrons. The van der Waals surface area contributed by atoms with E-state index in [2.05, 4.69) is 14.7 Å². The molecule has 1 heterocycles. The third-order valence-electron chi connectivity index (χ3n) is 4.63. The molecule has 0 saturated carbocycles. The Kier molecular flexibility index (Phi) is 7.42. The second kappa shape index (κ2) is 10.0. The number of nitrogens with zero attached hydrogens (tertiary/aromatic N) is 2. The van der Waals surface area contributed by atoms with Gasteiger partial charge >= 0.3 is 0 Å². The number of aromatic amines is 1. The maximum absolute atomic E-state index is 12.8. The van der Waals surface area contributed by atoms with E-state index in [0.29, 0.717) is 41.4 Å². The Morgan fingerprint density at radius 3 is 2.42 bits per heavy atom. The van der Waals surface area contributed by atoms with Gasteiger partial charge in [0.2, 0.25) is 0 Å². The number of methoxy groups -OCH3 is 2. The lowest BCUT2D eigenvalue weighted by atomic mass is 10.0. The molecule has 0 spiro atoms. The molecule has 0 radical (unpaired) electrons. The molecule has 0 bridgehead atoms.